The van der Waals surface area contributed by atoms with E-state index in [4.69, 9.17) is 4.74 Å². The van der Waals surface area contributed by atoms with Gasteiger partial charge < -0.3 is 19.9 Å². The van der Waals surface area contributed by atoms with Gasteiger partial charge in [-0.25, -0.2) is 0 Å². The lowest BCUT2D eigenvalue weighted by molar-refractivity contribution is -0.130. The third-order valence-corrected chi connectivity index (χ3v) is 7.07. The average molecular weight is 400 g/mol. The molecule has 2 amide bonds. The van der Waals surface area contributed by atoms with Gasteiger partial charge in [-0.2, -0.15) is 0 Å². The fraction of sp³-hybridized carbons (Fsp3) is 0.652. The molecule has 6 heteroatoms. The lowest BCUT2D eigenvalue weighted by atomic mass is 9.81. The van der Waals surface area contributed by atoms with Crippen molar-refractivity contribution in [1.82, 2.24) is 15.1 Å². The van der Waals surface area contributed by atoms with Gasteiger partial charge >= 0.3 is 0 Å². The number of piperidine rings is 1. The highest BCUT2D eigenvalue weighted by Crippen LogP contribution is 2.40. The normalized spacial score (nSPS) is 28.1. The zero-order chi connectivity index (χ0) is 20.6. The van der Waals surface area contributed by atoms with Crippen LogP contribution in [0.4, 0.5) is 0 Å². The van der Waals surface area contributed by atoms with E-state index in [2.05, 4.69) is 10.2 Å². The summed E-state index contributed by atoms with van der Waals surface area (Å²) in [7, 11) is 2.02. The SMILES string of the molecule is CNC1CCC2(CC1)CN(C1CCN(C(C)=O)CC1)C(=O)c1cc(C)ccc1O2. The van der Waals surface area contributed by atoms with Gasteiger partial charge in [-0.15, -0.1) is 0 Å². The highest BCUT2D eigenvalue weighted by molar-refractivity contribution is 5.98. The summed E-state index contributed by atoms with van der Waals surface area (Å²) in [4.78, 5) is 29.3. The Bertz CT molecular complexity index is 778. The van der Waals surface area contributed by atoms with Crippen molar-refractivity contribution in [1.29, 1.82) is 0 Å². The minimum absolute atomic E-state index is 0.0811. The van der Waals surface area contributed by atoms with E-state index in [0.29, 0.717) is 18.2 Å². The fourth-order valence-electron chi connectivity index (χ4n) is 5.18. The van der Waals surface area contributed by atoms with Crippen LogP contribution in [0.1, 0.15) is 61.4 Å². The summed E-state index contributed by atoms with van der Waals surface area (Å²) in [6.45, 7) is 5.72. The molecule has 6 nitrogen and oxygen atoms in total. The standard InChI is InChI=1S/C23H33N3O3/c1-16-4-5-21-20(14-16)22(28)26(19-8-12-25(13-9-19)17(2)27)15-23(29-21)10-6-18(24-3)7-11-23/h4-5,14,18-19,24H,6-13,15H2,1-3H3. The second-order valence-corrected chi connectivity index (χ2v) is 9.02. The predicted molar refractivity (Wildman–Crippen MR) is 112 cm³/mol. The lowest BCUT2D eigenvalue weighted by Gasteiger charge is -2.44. The molecule has 1 spiro atoms. The Morgan fingerprint density at radius 1 is 1.17 bits per heavy atom. The van der Waals surface area contributed by atoms with E-state index in [1.807, 2.05) is 37.1 Å². The largest absolute Gasteiger partial charge is 0.485 e. The van der Waals surface area contributed by atoms with E-state index in [1.165, 1.54) is 0 Å². The summed E-state index contributed by atoms with van der Waals surface area (Å²) in [5.41, 5.74) is 1.44. The number of aryl methyl sites for hydroxylation is 1. The molecule has 1 aromatic rings. The second kappa shape index (κ2) is 7.98. The van der Waals surface area contributed by atoms with Gasteiger partial charge in [0.05, 0.1) is 12.1 Å². The maximum atomic E-state index is 13.6. The van der Waals surface area contributed by atoms with E-state index in [0.717, 1.165) is 62.9 Å². The topological polar surface area (TPSA) is 61.9 Å². The van der Waals surface area contributed by atoms with Crippen LogP contribution in [-0.2, 0) is 4.79 Å². The average Bonchev–Trinajstić information content (AvgIpc) is 2.84. The summed E-state index contributed by atoms with van der Waals surface area (Å²) in [5, 5.41) is 3.39. The van der Waals surface area contributed by atoms with Gasteiger partial charge in [-0.05, 0) is 64.6 Å². The van der Waals surface area contributed by atoms with Crippen LogP contribution in [-0.4, -0.2) is 66.0 Å². The van der Waals surface area contributed by atoms with Gasteiger partial charge in [0.15, 0.2) is 0 Å². The van der Waals surface area contributed by atoms with Crippen molar-refractivity contribution in [2.24, 2.45) is 0 Å². The van der Waals surface area contributed by atoms with Crippen molar-refractivity contribution in [2.45, 2.75) is 70.1 Å². The minimum atomic E-state index is -0.318. The summed E-state index contributed by atoms with van der Waals surface area (Å²) >= 11 is 0. The highest BCUT2D eigenvalue weighted by atomic mass is 16.5. The first-order chi connectivity index (χ1) is 13.9. The van der Waals surface area contributed by atoms with Gasteiger partial charge in [0.2, 0.25) is 5.91 Å². The third-order valence-electron chi connectivity index (χ3n) is 7.07. The molecule has 2 fully saturated rings. The van der Waals surface area contributed by atoms with Crippen molar-refractivity contribution in [3.63, 3.8) is 0 Å². The molecule has 0 bridgehead atoms. The van der Waals surface area contributed by atoms with Crippen LogP contribution in [0.15, 0.2) is 18.2 Å². The van der Waals surface area contributed by atoms with Gasteiger partial charge in [-0.3, -0.25) is 9.59 Å². The highest BCUT2D eigenvalue weighted by Gasteiger charge is 2.45. The number of rotatable bonds is 2. The van der Waals surface area contributed by atoms with Gasteiger partial charge in [-0.1, -0.05) is 11.6 Å². The molecule has 0 unspecified atom stereocenters. The number of hydrogen-bond donors (Lipinski definition) is 1. The Hall–Kier alpha value is -2.08. The molecule has 0 atom stereocenters. The molecule has 1 aromatic carbocycles. The first-order valence-corrected chi connectivity index (χ1v) is 10.9. The summed E-state index contributed by atoms with van der Waals surface area (Å²) in [6, 6.07) is 6.64. The number of ether oxygens (including phenoxy) is 1. The van der Waals surface area contributed by atoms with E-state index < -0.39 is 0 Å². The Kier molecular flexibility index (Phi) is 5.56. The second-order valence-electron chi connectivity index (χ2n) is 9.02. The maximum Gasteiger partial charge on any atom is 0.258 e. The quantitative estimate of drug-likeness (QED) is 0.831. The van der Waals surface area contributed by atoms with Gasteiger partial charge in [0.1, 0.15) is 11.4 Å². The van der Waals surface area contributed by atoms with E-state index >= 15 is 0 Å². The van der Waals surface area contributed by atoms with Crippen LogP contribution in [0.5, 0.6) is 5.75 Å². The number of nitrogens with zero attached hydrogens (tertiary/aromatic N) is 2. The predicted octanol–water partition coefficient (Wildman–Crippen LogP) is 2.74. The number of fused-ring (bicyclic) bond motifs is 1. The number of amides is 2. The molecule has 0 radical (unpaired) electrons. The van der Waals surface area contributed by atoms with Crippen LogP contribution < -0.4 is 10.1 Å². The van der Waals surface area contributed by atoms with E-state index in [1.54, 1.807) is 6.92 Å². The van der Waals surface area contributed by atoms with Crippen LogP contribution in [0.3, 0.4) is 0 Å². The molecule has 1 saturated carbocycles. The van der Waals surface area contributed by atoms with E-state index in [9.17, 15) is 9.59 Å². The smallest absolute Gasteiger partial charge is 0.258 e. The number of carbonyl (C=O) groups is 2. The van der Waals surface area contributed by atoms with Crippen molar-refractivity contribution >= 4 is 11.8 Å². The van der Waals surface area contributed by atoms with Crippen molar-refractivity contribution in [2.75, 3.05) is 26.7 Å². The molecular formula is C23H33N3O3. The first kappa shape index (κ1) is 20.2. The van der Waals surface area contributed by atoms with Crippen LogP contribution >= 0.6 is 0 Å². The molecule has 0 aromatic heterocycles. The Morgan fingerprint density at radius 3 is 2.48 bits per heavy atom. The Labute approximate surface area is 173 Å². The number of benzene rings is 1. The molecule has 2 heterocycles. The molecule has 1 aliphatic carbocycles. The molecule has 158 valence electrons. The number of likely N-dealkylation sites (tertiary alicyclic amines) is 1. The maximum absolute atomic E-state index is 13.6. The zero-order valence-corrected chi connectivity index (χ0v) is 17.9. The van der Waals surface area contributed by atoms with Crippen LogP contribution in [0.2, 0.25) is 0 Å². The van der Waals surface area contributed by atoms with Crippen LogP contribution in [0.25, 0.3) is 0 Å². The molecule has 4 rings (SSSR count). The number of hydrogen-bond acceptors (Lipinski definition) is 4. The summed E-state index contributed by atoms with van der Waals surface area (Å²) in [6.07, 6.45) is 5.68. The van der Waals surface area contributed by atoms with Gasteiger partial charge in [0, 0.05) is 32.1 Å². The first-order valence-electron chi connectivity index (χ1n) is 10.9. The van der Waals surface area contributed by atoms with Crippen molar-refractivity contribution < 1.29 is 14.3 Å². The number of carbonyl (C=O) groups excluding carboxylic acids is 2. The molecule has 1 N–H and O–H groups in total. The van der Waals surface area contributed by atoms with Crippen molar-refractivity contribution in [3.8, 4) is 5.75 Å². The monoisotopic (exact) mass is 399 g/mol. The minimum Gasteiger partial charge on any atom is -0.485 e. The summed E-state index contributed by atoms with van der Waals surface area (Å²) in [5.74, 6) is 0.932. The molecule has 1 saturated heterocycles. The molecule has 2 aliphatic heterocycles. The molecule has 29 heavy (non-hydrogen) atoms. The fourth-order valence-corrected chi connectivity index (χ4v) is 5.18. The number of nitrogens with one attached hydrogen (secondary N) is 1. The van der Waals surface area contributed by atoms with Gasteiger partial charge in [0.25, 0.3) is 5.91 Å². The Balaban J connectivity index is 1.63. The molecule has 3 aliphatic rings. The lowest BCUT2D eigenvalue weighted by Crippen LogP contribution is -2.55. The van der Waals surface area contributed by atoms with Crippen LogP contribution in [0, 0.1) is 6.92 Å². The third kappa shape index (κ3) is 4.00. The van der Waals surface area contributed by atoms with E-state index in [-0.39, 0.29) is 23.5 Å². The van der Waals surface area contributed by atoms with Crippen molar-refractivity contribution in [3.05, 3.63) is 29.3 Å². The summed E-state index contributed by atoms with van der Waals surface area (Å²) < 4.78 is 6.63. The zero-order valence-electron chi connectivity index (χ0n) is 17.9. The Morgan fingerprint density at radius 2 is 1.86 bits per heavy atom. The molecular weight excluding hydrogens is 366 g/mol.